The third-order valence-corrected chi connectivity index (χ3v) is 12.5. The van der Waals surface area contributed by atoms with Crippen molar-refractivity contribution >= 4 is 11.4 Å². The first-order valence-electron chi connectivity index (χ1n) is 17.8. The van der Waals surface area contributed by atoms with Crippen LogP contribution in [-0.2, 0) is 5.41 Å². The van der Waals surface area contributed by atoms with Gasteiger partial charge in [0.15, 0.2) is 0 Å². The topological polar surface area (TPSA) is 36.4 Å². The molecular weight excluding hydrogens is 546 g/mol. The first kappa shape index (κ1) is 27.8. The minimum Gasteiger partial charge on any atom is -0.354 e. The van der Waals surface area contributed by atoms with Crippen molar-refractivity contribution in [1.82, 2.24) is 10.6 Å². The van der Waals surface area contributed by atoms with E-state index in [0.717, 1.165) is 18.7 Å². The number of nitrogens with one attached hydrogen (secondary N) is 2. The lowest BCUT2D eigenvalue weighted by Gasteiger charge is -2.41. The molecule has 1 aliphatic heterocycles. The van der Waals surface area contributed by atoms with Gasteiger partial charge in [0, 0.05) is 16.9 Å². The third kappa shape index (κ3) is 4.22. The first-order valence-corrected chi connectivity index (χ1v) is 17.8. The van der Waals surface area contributed by atoms with Gasteiger partial charge in [-0.15, -0.1) is 0 Å². The molecule has 3 nitrogen and oxygen atoms in total. The first-order chi connectivity index (χ1) is 22.0. The minimum atomic E-state index is -0.0535. The Labute approximate surface area is 269 Å². The summed E-state index contributed by atoms with van der Waals surface area (Å²) in [7, 11) is 0. The van der Waals surface area contributed by atoms with Gasteiger partial charge >= 0.3 is 0 Å². The van der Waals surface area contributed by atoms with Crippen LogP contribution in [0.5, 0.6) is 0 Å². The quantitative estimate of drug-likeness (QED) is 0.348. The molecule has 0 saturated heterocycles. The lowest BCUT2D eigenvalue weighted by molar-refractivity contribution is 0.273. The Balaban J connectivity index is 1.21. The Morgan fingerprint density at radius 1 is 0.800 bits per heavy atom. The predicted molar refractivity (Wildman–Crippen MR) is 186 cm³/mol. The molecule has 3 heteroatoms. The molecule has 0 bridgehead atoms. The van der Waals surface area contributed by atoms with Crippen LogP contribution in [0.1, 0.15) is 106 Å². The molecule has 45 heavy (non-hydrogen) atoms. The van der Waals surface area contributed by atoms with E-state index in [4.69, 9.17) is 4.99 Å². The number of hydrogen-bond acceptors (Lipinski definition) is 3. The minimum absolute atomic E-state index is 0.0535. The molecular formula is C42H47N3. The molecule has 2 N–H and O–H groups in total. The highest BCUT2D eigenvalue weighted by molar-refractivity contribution is 6.05. The van der Waals surface area contributed by atoms with Crippen LogP contribution in [-0.4, -0.2) is 12.0 Å². The van der Waals surface area contributed by atoms with Gasteiger partial charge < -0.3 is 5.32 Å². The fourth-order valence-electron chi connectivity index (χ4n) is 10.4. The van der Waals surface area contributed by atoms with Crippen molar-refractivity contribution in [3.63, 3.8) is 0 Å². The number of hydrogen-bond donors (Lipinski definition) is 2. The summed E-state index contributed by atoms with van der Waals surface area (Å²) in [6.07, 6.45) is 27.8. The van der Waals surface area contributed by atoms with Crippen LogP contribution in [0.2, 0.25) is 0 Å². The van der Waals surface area contributed by atoms with Crippen molar-refractivity contribution in [2.24, 2.45) is 28.2 Å². The zero-order valence-electron chi connectivity index (χ0n) is 27.0. The Bertz CT molecular complexity index is 1710. The zero-order valence-corrected chi connectivity index (χ0v) is 27.0. The molecule has 5 atom stereocenters. The molecule has 1 heterocycles. The van der Waals surface area contributed by atoms with Gasteiger partial charge in [-0.05, 0) is 101 Å². The van der Waals surface area contributed by atoms with Gasteiger partial charge in [0.1, 0.15) is 12.0 Å². The molecule has 7 aliphatic rings. The van der Waals surface area contributed by atoms with Gasteiger partial charge in [-0.25, -0.2) is 4.99 Å². The summed E-state index contributed by atoms with van der Waals surface area (Å²) >= 11 is 0. The van der Waals surface area contributed by atoms with E-state index in [1.807, 2.05) is 0 Å². The average Bonchev–Trinajstić information content (AvgIpc) is 3.49. The number of nitrogens with zero attached hydrogens (tertiary/aromatic N) is 1. The Morgan fingerprint density at radius 3 is 2.44 bits per heavy atom. The lowest BCUT2D eigenvalue weighted by atomic mass is 9.64. The van der Waals surface area contributed by atoms with Gasteiger partial charge in [-0.3, -0.25) is 5.32 Å². The van der Waals surface area contributed by atoms with Crippen LogP contribution in [0.15, 0.2) is 107 Å². The van der Waals surface area contributed by atoms with Gasteiger partial charge in [-0.1, -0.05) is 118 Å². The standard InChI is InChI=1S/C42H47N3/c1-41(2)34-22-11-10-19-29(34)32-26-36-33(25-35(32)41)30-20-14-21-31(37(30)42(36)23-12-5-13-24-42)40-44-38(27-15-6-3-7-16-27)43-39(45-40)28-17-8-4-9-18-28/h3-4,6-8,14-16,19-22,25-26,28,32,35,38-39,43H,5,9-13,17-18,23-24H2,1-2H3,(H,44,45). The summed E-state index contributed by atoms with van der Waals surface area (Å²) in [6, 6.07) is 18.0. The van der Waals surface area contributed by atoms with Crippen molar-refractivity contribution in [1.29, 1.82) is 0 Å². The van der Waals surface area contributed by atoms with Crippen molar-refractivity contribution < 1.29 is 0 Å². The second kappa shape index (κ2) is 10.6. The van der Waals surface area contributed by atoms with Crippen LogP contribution in [0.4, 0.5) is 0 Å². The van der Waals surface area contributed by atoms with E-state index in [1.54, 1.807) is 22.3 Å². The van der Waals surface area contributed by atoms with Gasteiger partial charge in [0.2, 0.25) is 0 Å². The van der Waals surface area contributed by atoms with E-state index < -0.39 is 0 Å². The smallest absolute Gasteiger partial charge is 0.131 e. The van der Waals surface area contributed by atoms with E-state index >= 15 is 0 Å². The maximum atomic E-state index is 5.50. The fraction of sp³-hybridized carbons (Fsp3) is 0.452. The fourth-order valence-corrected chi connectivity index (χ4v) is 10.4. The molecule has 1 spiro atoms. The molecule has 0 aromatic heterocycles. The van der Waals surface area contributed by atoms with E-state index in [1.165, 1.54) is 73.6 Å². The molecule has 230 valence electrons. The maximum Gasteiger partial charge on any atom is 0.131 e. The van der Waals surface area contributed by atoms with Gasteiger partial charge in [0.05, 0.1) is 6.17 Å². The maximum absolute atomic E-state index is 5.50. The average molecular weight is 594 g/mol. The summed E-state index contributed by atoms with van der Waals surface area (Å²) < 4.78 is 0. The number of allylic oxidation sites excluding steroid dienone is 10. The molecule has 2 saturated carbocycles. The molecule has 5 unspecified atom stereocenters. The van der Waals surface area contributed by atoms with Crippen LogP contribution >= 0.6 is 0 Å². The van der Waals surface area contributed by atoms with E-state index in [-0.39, 0.29) is 23.2 Å². The van der Waals surface area contributed by atoms with Crippen molar-refractivity contribution in [2.45, 2.75) is 95.8 Å². The molecule has 0 amide bonds. The SMILES string of the molecule is CC1(C)C2=CCCC=C2C2C=C3C(=CC21)c1cccc(C2=NC(c4ccccc4)NC(C4CC=CCC4)N2)c1C31CCCCC1. The molecule has 0 radical (unpaired) electrons. The van der Waals surface area contributed by atoms with Gasteiger partial charge in [-0.2, -0.15) is 0 Å². The third-order valence-electron chi connectivity index (χ3n) is 12.5. The van der Waals surface area contributed by atoms with Crippen molar-refractivity contribution in [2.75, 3.05) is 0 Å². The lowest BCUT2D eigenvalue weighted by Crippen LogP contribution is -2.55. The van der Waals surface area contributed by atoms with Gasteiger partial charge in [0.25, 0.3) is 0 Å². The van der Waals surface area contributed by atoms with Crippen LogP contribution < -0.4 is 10.6 Å². The molecule has 2 fully saturated rings. The summed E-state index contributed by atoms with van der Waals surface area (Å²) in [6.45, 7) is 5.00. The largest absolute Gasteiger partial charge is 0.354 e. The zero-order chi connectivity index (χ0) is 30.2. The monoisotopic (exact) mass is 593 g/mol. The molecule has 6 aliphatic carbocycles. The Hall–Kier alpha value is -3.43. The van der Waals surface area contributed by atoms with E-state index in [0.29, 0.717) is 17.8 Å². The highest BCUT2D eigenvalue weighted by atomic mass is 15.3. The van der Waals surface area contributed by atoms with Crippen LogP contribution in [0.3, 0.4) is 0 Å². The van der Waals surface area contributed by atoms with E-state index in [2.05, 4.69) is 109 Å². The second-order valence-electron chi connectivity index (χ2n) is 15.3. The number of aliphatic imine (C=N–C) groups is 1. The molecule has 2 aromatic rings. The summed E-state index contributed by atoms with van der Waals surface area (Å²) in [5, 5.41) is 7.94. The second-order valence-corrected chi connectivity index (χ2v) is 15.3. The predicted octanol–water partition coefficient (Wildman–Crippen LogP) is 9.46. The summed E-state index contributed by atoms with van der Waals surface area (Å²) in [4.78, 5) is 5.50. The van der Waals surface area contributed by atoms with Crippen molar-refractivity contribution in [3.8, 4) is 0 Å². The molecule has 9 rings (SSSR count). The van der Waals surface area contributed by atoms with Crippen LogP contribution in [0, 0.1) is 23.2 Å². The summed E-state index contributed by atoms with van der Waals surface area (Å²) in [5.74, 6) is 2.65. The Kier molecular flexibility index (Phi) is 6.53. The van der Waals surface area contributed by atoms with E-state index in [9.17, 15) is 0 Å². The molecule has 2 aromatic carbocycles. The normalized spacial score (nSPS) is 32.1. The Morgan fingerprint density at radius 2 is 1.62 bits per heavy atom. The summed E-state index contributed by atoms with van der Waals surface area (Å²) in [5.41, 5.74) is 12.3. The number of fused-ring (bicyclic) bond motifs is 8. The number of rotatable bonds is 3. The highest BCUT2D eigenvalue weighted by Crippen LogP contribution is 2.65. The number of benzene rings is 2. The number of amidine groups is 1. The van der Waals surface area contributed by atoms with Crippen molar-refractivity contribution in [3.05, 3.63) is 124 Å². The van der Waals surface area contributed by atoms with Crippen LogP contribution in [0.25, 0.3) is 5.57 Å². The highest BCUT2D eigenvalue weighted by Gasteiger charge is 2.54.